The highest BCUT2D eigenvalue weighted by Crippen LogP contribution is 2.28. The smallest absolute Gasteiger partial charge is 0.324 e. The minimum absolute atomic E-state index is 0.0237. The molecule has 2 heterocycles. The first kappa shape index (κ1) is 14.9. The first-order valence-electron chi connectivity index (χ1n) is 6.35. The summed E-state index contributed by atoms with van der Waals surface area (Å²) in [6.07, 6.45) is 1.57. The standard InChI is InChI=1S/C12H17N3O4S/c1-19-9-4-5-14(8(6-9)7-13)12(16)10-2-3-11(20-10)15(17)18/h2-3,8-9H,4-7,13H2,1H3. The fourth-order valence-electron chi connectivity index (χ4n) is 2.40. The quantitative estimate of drug-likeness (QED) is 0.666. The second kappa shape index (κ2) is 6.29. The van der Waals surface area contributed by atoms with Crippen LogP contribution in [0.1, 0.15) is 22.5 Å². The topological polar surface area (TPSA) is 98.7 Å². The largest absolute Gasteiger partial charge is 0.381 e. The Morgan fingerprint density at radius 1 is 1.65 bits per heavy atom. The molecule has 20 heavy (non-hydrogen) atoms. The van der Waals surface area contributed by atoms with Crippen molar-refractivity contribution in [3.05, 3.63) is 27.1 Å². The van der Waals surface area contributed by atoms with Crippen LogP contribution in [0.5, 0.6) is 0 Å². The molecular weight excluding hydrogens is 282 g/mol. The lowest BCUT2D eigenvalue weighted by Gasteiger charge is -2.38. The van der Waals surface area contributed by atoms with Crippen molar-refractivity contribution < 1.29 is 14.5 Å². The molecule has 0 spiro atoms. The van der Waals surface area contributed by atoms with Crippen LogP contribution in [-0.4, -0.2) is 48.1 Å². The van der Waals surface area contributed by atoms with Crippen LogP contribution < -0.4 is 5.73 Å². The van der Waals surface area contributed by atoms with Crippen molar-refractivity contribution in [1.82, 2.24) is 4.90 Å². The third-order valence-corrected chi connectivity index (χ3v) is 4.54. The van der Waals surface area contributed by atoms with E-state index in [-0.39, 0.29) is 23.1 Å². The number of ether oxygens (including phenoxy) is 1. The van der Waals surface area contributed by atoms with Gasteiger partial charge in [-0.1, -0.05) is 11.3 Å². The number of nitrogens with two attached hydrogens (primary N) is 1. The molecular formula is C12H17N3O4S. The molecule has 1 aliphatic heterocycles. The fraction of sp³-hybridized carbons (Fsp3) is 0.583. The molecule has 110 valence electrons. The van der Waals surface area contributed by atoms with Crippen molar-refractivity contribution in [3.8, 4) is 0 Å². The lowest BCUT2D eigenvalue weighted by atomic mass is 9.99. The number of rotatable bonds is 4. The fourth-order valence-corrected chi connectivity index (χ4v) is 3.18. The van der Waals surface area contributed by atoms with E-state index >= 15 is 0 Å². The first-order valence-corrected chi connectivity index (χ1v) is 7.16. The van der Waals surface area contributed by atoms with Gasteiger partial charge in [0.25, 0.3) is 5.91 Å². The number of thiophene rings is 1. The highest BCUT2D eigenvalue weighted by Gasteiger charge is 2.32. The minimum atomic E-state index is -0.487. The van der Waals surface area contributed by atoms with Gasteiger partial charge in [0.2, 0.25) is 0 Å². The molecule has 0 bridgehead atoms. The van der Waals surface area contributed by atoms with Crippen molar-refractivity contribution >= 4 is 22.2 Å². The summed E-state index contributed by atoms with van der Waals surface area (Å²) in [5, 5.41) is 10.6. The van der Waals surface area contributed by atoms with Gasteiger partial charge in [0.15, 0.2) is 0 Å². The van der Waals surface area contributed by atoms with Gasteiger partial charge >= 0.3 is 5.00 Å². The predicted octanol–water partition coefficient (Wildman–Crippen LogP) is 1.23. The Hall–Kier alpha value is -1.51. The van der Waals surface area contributed by atoms with Crippen LogP contribution in [0.4, 0.5) is 5.00 Å². The Morgan fingerprint density at radius 2 is 2.40 bits per heavy atom. The molecule has 1 amide bonds. The SMILES string of the molecule is COC1CCN(C(=O)c2ccc([N+](=O)[O-])s2)C(CN)C1. The van der Waals surface area contributed by atoms with E-state index in [9.17, 15) is 14.9 Å². The molecule has 1 fully saturated rings. The first-order chi connectivity index (χ1) is 9.56. The zero-order chi connectivity index (χ0) is 14.7. The number of amides is 1. The highest BCUT2D eigenvalue weighted by molar-refractivity contribution is 7.17. The van der Waals surface area contributed by atoms with Crippen LogP contribution in [-0.2, 0) is 4.74 Å². The summed E-state index contributed by atoms with van der Waals surface area (Å²) >= 11 is 0.899. The van der Waals surface area contributed by atoms with Gasteiger partial charge in [-0.2, -0.15) is 0 Å². The third kappa shape index (κ3) is 2.97. The molecule has 0 radical (unpaired) electrons. The molecule has 1 aromatic rings. The summed E-state index contributed by atoms with van der Waals surface area (Å²) in [5.41, 5.74) is 5.73. The van der Waals surface area contributed by atoms with E-state index in [1.54, 1.807) is 12.0 Å². The van der Waals surface area contributed by atoms with Crippen LogP contribution in [0.2, 0.25) is 0 Å². The molecule has 2 N–H and O–H groups in total. The van der Waals surface area contributed by atoms with Gasteiger partial charge < -0.3 is 15.4 Å². The summed E-state index contributed by atoms with van der Waals surface area (Å²) in [4.78, 5) is 24.7. The van der Waals surface area contributed by atoms with Crippen LogP contribution in [0, 0.1) is 10.1 Å². The van der Waals surface area contributed by atoms with E-state index in [1.165, 1.54) is 12.1 Å². The van der Waals surface area contributed by atoms with E-state index in [2.05, 4.69) is 0 Å². The summed E-state index contributed by atoms with van der Waals surface area (Å²) in [6.45, 7) is 0.921. The number of methoxy groups -OCH3 is 1. The average Bonchev–Trinajstić information content (AvgIpc) is 2.95. The van der Waals surface area contributed by atoms with Crippen molar-refractivity contribution in [1.29, 1.82) is 0 Å². The van der Waals surface area contributed by atoms with E-state index in [0.717, 1.165) is 17.8 Å². The van der Waals surface area contributed by atoms with Crippen LogP contribution in [0.3, 0.4) is 0 Å². The summed E-state index contributed by atoms with van der Waals surface area (Å²) in [6, 6.07) is 2.78. The number of hydrogen-bond donors (Lipinski definition) is 1. The molecule has 0 aromatic carbocycles. The molecule has 1 aromatic heterocycles. The van der Waals surface area contributed by atoms with Gasteiger partial charge in [0.1, 0.15) is 0 Å². The summed E-state index contributed by atoms with van der Waals surface area (Å²) in [7, 11) is 1.65. The van der Waals surface area contributed by atoms with Gasteiger partial charge in [-0.25, -0.2) is 0 Å². The number of nitrogens with zero attached hydrogens (tertiary/aromatic N) is 2. The second-order valence-electron chi connectivity index (χ2n) is 4.67. The average molecular weight is 299 g/mol. The van der Waals surface area contributed by atoms with Gasteiger partial charge in [-0.3, -0.25) is 14.9 Å². The number of piperidine rings is 1. The minimum Gasteiger partial charge on any atom is -0.381 e. The number of carbonyl (C=O) groups excluding carboxylic acids is 1. The molecule has 8 heteroatoms. The normalized spacial score (nSPS) is 22.8. The lowest BCUT2D eigenvalue weighted by molar-refractivity contribution is -0.380. The van der Waals surface area contributed by atoms with Gasteiger partial charge in [-0.05, 0) is 18.9 Å². The molecule has 7 nitrogen and oxygen atoms in total. The maximum atomic E-state index is 12.4. The number of carbonyl (C=O) groups is 1. The van der Waals surface area contributed by atoms with Gasteiger partial charge in [0, 0.05) is 32.3 Å². The predicted molar refractivity (Wildman–Crippen MR) is 74.9 cm³/mol. The number of hydrogen-bond acceptors (Lipinski definition) is 6. The van der Waals surface area contributed by atoms with Crippen LogP contribution >= 0.6 is 11.3 Å². The third-order valence-electron chi connectivity index (χ3n) is 3.52. The van der Waals surface area contributed by atoms with E-state index < -0.39 is 4.92 Å². The Balaban J connectivity index is 2.12. The van der Waals surface area contributed by atoms with Crippen LogP contribution in [0.15, 0.2) is 12.1 Å². The Kier molecular flexibility index (Phi) is 4.69. The maximum absolute atomic E-state index is 12.4. The lowest BCUT2D eigenvalue weighted by Crippen LogP contribution is -2.51. The summed E-state index contributed by atoms with van der Waals surface area (Å²) in [5.74, 6) is -0.187. The van der Waals surface area contributed by atoms with Crippen molar-refractivity contribution in [2.75, 3.05) is 20.2 Å². The van der Waals surface area contributed by atoms with Gasteiger partial charge in [0.05, 0.1) is 15.9 Å². The molecule has 0 saturated carbocycles. The van der Waals surface area contributed by atoms with Crippen LogP contribution in [0.25, 0.3) is 0 Å². The number of nitro groups is 1. The Labute approximate surface area is 120 Å². The molecule has 0 aliphatic carbocycles. The summed E-state index contributed by atoms with van der Waals surface area (Å²) < 4.78 is 5.31. The molecule has 2 unspecified atom stereocenters. The second-order valence-corrected chi connectivity index (χ2v) is 5.73. The maximum Gasteiger partial charge on any atom is 0.324 e. The number of likely N-dealkylation sites (tertiary alicyclic amines) is 1. The van der Waals surface area contributed by atoms with Crippen molar-refractivity contribution in [3.63, 3.8) is 0 Å². The van der Waals surface area contributed by atoms with Crippen molar-refractivity contribution in [2.24, 2.45) is 5.73 Å². The van der Waals surface area contributed by atoms with E-state index in [1.807, 2.05) is 0 Å². The zero-order valence-electron chi connectivity index (χ0n) is 11.2. The Bertz CT molecular complexity index is 505. The zero-order valence-corrected chi connectivity index (χ0v) is 12.0. The van der Waals surface area contributed by atoms with Crippen molar-refractivity contribution in [2.45, 2.75) is 25.0 Å². The highest BCUT2D eigenvalue weighted by atomic mass is 32.1. The monoisotopic (exact) mass is 299 g/mol. The molecule has 1 saturated heterocycles. The molecule has 2 rings (SSSR count). The Morgan fingerprint density at radius 3 is 2.95 bits per heavy atom. The molecule has 1 aliphatic rings. The van der Waals surface area contributed by atoms with Gasteiger partial charge in [-0.15, -0.1) is 0 Å². The molecule has 2 atom stereocenters. The van der Waals surface area contributed by atoms with E-state index in [4.69, 9.17) is 10.5 Å². The van der Waals surface area contributed by atoms with E-state index in [0.29, 0.717) is 24.4 Å².